The minimum atomic E-state index is -0.00365. The van der Waals surface area contributed by atoms with Crippen LogP contribution in [-0.2, 0) is 6.61 Å². The molecule has 0 bridgehead atoms. The van der Waals surface area contributed by atoms with E-state index in [4.69, 9.17) is 15.0 Å². The molecule has 1 atom stereocenters. The van der Waals surface area contributed by atoms with Crippen molar-refractivity contribution in [1.29, 1.82) is 0 Å². The molecule has 1 fully saturated rings. The lowest BCUT2D eigenvalue weighted by molar-refractivity contribution is 0.0790. The van der Waals surface area contributed by atoms with Gasteiger partial charge < -0.3 is 19.9 Å². The number of likely N-dealkylation sites (tertiary alicyclic amines) is 1. The summed E-state index contributed by atoms with van der Waals surface area (Å²) in [5, 5.41) is 3.81. The van der Waals surface area contributed by atoms with Crippen molar-refractivity contribution in [3.05, 3.63) is 45.8 Å². The number of hydrogen-bond donors (Lipinski definition) is 1. The van der Waals surface area contributed by atoms with E-state index in [1.54, 1.807) is 23.1 Å². The molecule has 0 saturated carbocycles. The molecule has 2 N–H and O–H groups in total. The van der Waals surface area contributed by atoms with Crippen LogP contribution in [0.3, 0.4) is 0 Å². The number of carbonyl (C=O) groups excluding carboxylic acids is 1. The molecule has 0 aliphatic carbocycles. The van der Waals surface area contributed by atoms with Crippen LogP contribution in [0.2, 0.25) is 0 Å². The van der Waals surface area contributed by atoms with Gasteiger partial charge in [0.2, 0.25) is 0 Å². The standard InChI is InChI=1S/C16H18BrN3O3/c1-10-6-13(23-19-10)9-22-15-3-2-11(7-14(15)17)16(21)20-5-4-12(18)8-20/h2-3,6-7,12H,4-5,8-9,18H2,1H3/t12-/m1/s1. The Balaban J connectivity index is 1.66. The van der Waals surface area contributed by atoms with Gasteiger partial charge in [0.1, 0.15) is 12.4 Å². The van der Waals surface area contributed by atoms with Crippen LogP contribution in [-0.4, -0.2) is 35.1 Å². The van der Waals surface area contributed by atoms with E-state index in [2.05, 4.69) is 21.1 Å². The van der Waals surface area contributed by atoms with Crippen molar-refractivity contribution in [3.63, 3.8) is 0 Å². The number of ether oxygens (including phenoxy) is 1. The molecule has 1 saturated heterocycles. The van der Waals surface area contributed by atoms with E-state index < -0.39 is 0 Å². The van der Waals surface area contributed by atoms with Crippen molar-refractivity contribution >= 4 is 21.8 Å². The highest BCUT2D eigenvalue weighted by Gasteiger charge is 2.24. The summed E-state index contributed by atoms with van der Waals surface area (Å²) in [5.41, 5.74) is 7.29. The van der Waals surface area contributed by atoms with Gasteiger partial charge in [-0.2, -0.15) is 0 Å². The van der Waals surface area contributed by atoms with Crippen molar-refractivity contribution in [3.8, 4) is 5.75 Å². The van der Waals surface area contributed by atoms with Crippen LogP contribution in [0.1, 0.15) is 28.2 Å². The fraction of sp³-hybridized carbons (Fsp3) is 0.375. The smallest absolute Gasteiger partial charge is 0.253 e. The molecule has 0 spiro atoms. The highest BCUT2D eigenvalue weighted by atomic mass is 79.9. The van der Waals surface area contributed by atoms with E-state index in [9.17, 15) is 4.79 Å². The molecule has 122 valence electrons. The molecule has 2 aromatic rings. The average Bonchev–Trinajstić information content (AvgIpc) is 3.14. The van der Waals surface area contributed by atoms with E-state index in [1.807, 2.05) is 13.0 Å². The molecule has 1 aliphatic heterocycles. The Morgan fingerprint density at radius 1 is 1.52 bits per heavy atom. The number of halogens is 1. The number of aromatic nitrogens is 1. The Hall–Kier alpha value is -1.86. The van der Waals surface area contributed by atoms with Crippen molar-refractivity contribution in [2.24, 2.45) is 5.73 Å². The fourth-order valence-electron chi connectivity index (χ4n) is 2.54. The second-order valence-corrected chi connectivity index (χ2v) is 6.52. The first-order valence-corrected chi connectivity index (χ1v) is 8.21. The topological polar surface area (TPSA) is 81.6 Å². The van der Waals surface area contributed by atoms with E-state index in [0.29, 0.717) is 30.2 Å². The second-order valence-electron chi connectivity index (χ2n) is 5.67. The van der Waals surface area contributed by atoms with Crippen LogP contribution in [0.25, 0.3) is 0 Å². The largest absolute Gasteiger partial charge is 0.484 e. The second kappa shape index (κ2) is 6.72. The zero-order valence-corrected chi connectivity index (χ0v) is 14.4. The highest BCUT2D eigenvalue weighted by Crippen LogP contribution is 2.28. The molecule has 6 nitrogen and oxygen atoms in total. The number of amides is 1. The minimum absolute atomic E-state index is 0.00365. The molecule has 1 aromatic heterocycles. The number of hydrogen-bond acceptors (Lipinski definition) is 5. The Morgan fingerprint density at radius 2 is 2.35 bits per heavy atom. The van der Waals surface area contributed by atoms with E-state index in [0.717, 1.165) is 16.6 Å². The summed E-state index contributed by atoms with van der Waals surface area (Å²) in [6.45, 7) is 3.46. The van der Waals surface area contributed by atoms with Gasteiger partial charge in [0.15, 0.2) is 5.76 Å². The number of benzene rings is 1. The SMILES string of the molecule is Cc1cc(COc2ccc(C(=O)N3CC[C@@H](N)C3)cc2Br)on1. The van der Waals surface area contributed by atoms with Gasteiger partial charge in [-0.1, -0.05) is 5.16 Å². The quantitative estimate of drug-likeness (QED) is 0.882. The summed E-state index contributed by atoms with van der Waals surface area (Å²) in [4.78, 5) is 14.2. The molecule has 23 heavy (non-hydrogen) atoms. The summed E-state index contributed by atoms with van der Waals surface area (Å²) in [6.07, 6.45) is 0.852. The van der Waals surface area contributed by atoms with Gasteiger partial charge in [0.05, 0.1) is 10.2 Å². The number of nitrogens with zero attached hydrogens (tertiary/aromatic N) is 2. The summed E-state index contributed by atoms with van der Waals surface area (Å²) >= 11 is 3.45. The first kappa shape index (κ1) is 16.0. The Kier molecular flexibility index (Phi) is 4.68. The maximum atomic E-state index is 12.4. The predicted octanol–water partition coefficient (Wildman–Crippen LogP) is 2.50. The molecule has 0 unspecified atom stereocenters. The number of nitrogens with two attached hydrogens (primary N) is 1. The lowest BCUT2D eigenvalue weighted by Gasteiger charge is -2.16. The molecule has 1 amide bonds. The van der Waals surface area contributed by atoms with Gasteiger partial charge in [0.25, 0.3) is 5.91 Å². The van der Waals surface area contributed by atoms with Crippen LogP contribution >= 0.6 is 15.9 Å². The van der Waals surface area contributed by atoms with Gasteiger partial charge in [-0.3, -0.25) is 4.79 Å². The molecule has 2 heterocycles. The third kappa shape index (κ3) is 3.73. The number of aryl methyl sites for hydroxylation is 1. The van der Waals surface area contributed by atoms with E-state index in [1.165, 1.54) is 0 Å². The van der Waals surface area contributed by atoms with Gasteiger partial charge in [-0.05, 0) is 47.5 Å². The van der Waals surface area contributed by atoms with Crippen molar-refractivity contribution < 1.29 is 14.1 Å². The van der Waals surface area contributed by atoms with Gasteiger partial charge in [-0.25, -0.2) is 0 Å². The summed E-state index contributed by atoms with van der Waals surface area (Å²) in [7, 11) is 0. The lowest BCUT2D eigenvalue weighted by Crippen LogP contribution is -2.31. The fourth-order valence-corrected chi connectivity index (χ4v) is 3.03. The first-order valence-electron chi connectivity index (χ1n) is 7.42. The molecule has 7 heteroatoms. The molecular formula is C16H18BrN3O3. The summed E-state index contributed by atoms with van der Waals surface area (Å²) < 4.78 is 11.5. The Labute approximate surface area is 142 Å². The maximum Gasteiger partial charge on any atom is 0.253 e. The van der Waals surface area contributed by atoms with E-state index >= 15 is 0 Å². The highest BCUT2D eigenvalue weighted by molar-refractivity contribution is 9.10. The van der Waals surface area contributed by atoms with Crippen LogP contribution in [0.4, 0.5) is 0 Å². The Bertz CT molecular complexity index is 716. The third-order valence-electron chi connectivity index (χ3n) is 3.74. The van der Waals surface area contributed by atoms with Crippen LogP contribution in [0, 0.1) is 6.92 Å². The lowest BCUT2D eigenvalue weighted by atomic mass is 10.2. The summed E-state index contributed by atoms with van der Waals surface area (Å²) in [5.74, 6) is 1.30. The van der Waals surface area contributed by atoms with Crippen LogP contribution in [0.15, 0.2) is 33.3 Å². The van der Waals surface area contributed by atoms with Crippen LogP contribution in [0.5, 0.6) is 5.75 Å². The zero-order chi connectivity index (χ0) is 16.4. The van der Waals surface area contributed by atoms with Crippen molar-refractivity contribution in [1.82, 2.24) is 10.1 Å². The summed E-state index contributed by atoms with van der Waals surface area (Å²) in [6, 6.07) is 7.21. The van der Waals surface area contributed by atoms with E-state index in [-0.39, 0.29) is 18.6 Å². The molecule has 0 radical (unpaired) electrons. The number of rotatable bonds is 4. The minimum Gasteiger partial charge on any atom is -0.484 e. The van der Waals surface area contributed by atoms with Gasteiger partial charge >= 0.3 is 0 Å². The van der Waals surface area contributed by atoms with Gasteiger partial charge in [0, 0.05) is 30.8 Å². The van der Waals surface area contributed by atoms with Crippen LogP contribution < -0.4 is 10.5 Å². The predicted molar refractivity (Wildman–Crippen MR) is 88.2 cm³/mol. The van der Waals surface area contributed by atoms with Crippen molar-refractivity contribution in [2.75, 3.05) is 13.1 Å². The maximum absolute atomic E-state index is 12.4. The third-order valence-corrected chi connectivity index (χ3v) is 4.36. The molecule has 3 rings (SSSR count). The average molecular weight is 380 g/mol. The molecule has 1 aliphatic rings. The normalized spacial score (nSPS) is 17.5. The Morgan fingerprint density at radius 3 is 2.96 bits per heavy atom. The first-order chi connectivity index (χ1) is 11.0. The monoisotopic (exact) mass is 379 g/mol. The zero-order valence-electron chi connectivity index (χ0n) is 12.8. The number of carbonyl (C=O) groups is 1. The molecular weight excluding hydrogens is 362 g/mol. The molecule has 1 aromatic carbocycles. The van der Waals surface area contributed by atoms with Crippen molar-refractivity contribution in [2.45, 2.75) is 26.0 Å². The van der Waals surface area contributed by atoms with Gasteiger partial charge in [-0.15, -0.1) is 0 Å².